The Hall–Kier alpha value is -5.87. The van der Waals surface area contributed by atoms with Gasteiger partial charge in [-0.1, -0.05) is 128 Å². The maximum Gasteiger partial charge on any atom is 0.344 e. The van der Waals surface area contributed by atoms with E-state index in [2.05, 4.69) is 0 Å². The molecule has 0 aliphatic rings. The van der Waals surface area contributed by atoms with Gasteiger partial charge in [0, 0.05) is 32.2 Å². The van der Waals surface area contributed by atoms with E-state index in [0.29, 0.717) is 68.9 Å². The number of aliphatic carboxylic acids is 6. The molecular formula is C56H53Cl11O18. The van der Waals surface area contributed by atoms with Crippen LogP contribution in [0.2, 0.25) is 55.2 Å². The third-order valence-corrected chi connectivity index (χ3v) is 13.1. The first-order chi connectivity index (χ1) is 39.4. The van der Waals surface area contributed by atoms with Crippen LogP contribution in [0.25, 0.3) is 0 Å². The molecule has 85 heavy (non-hydrogen) atoms. The Labute approximate surface area is 543 Å². The highest BCUT2D eigenvalue weighted by atomic mass is 35.5. The zero-order valence-electron chi connectivity index (χ0n) is 45.5. The average Bonchev–Trinajstić information content (AvgIpc) is 3.52. The lowest BCUT2D eigenvalue weighted by Crippen LogP contribution is -2.23. The summed E-state index contributed by atoms with van der Waals surface area (Å²) in [5.41, 5.74) is 1.65. The summed E-state index contributed by atoms with van der Waals surface area (Å²) in [6.45, 7) is 12.3. The summed E-state index contributed by atoms with van der Waals surface area (Å²) in [5, 5.41) is 56.0. The number of rotatable bonds is 18. The van der Waals surface area contributed by atoms with Gasteiger partial charge >= 0.3 is 35.8 Å². The van der Waals surface area contributed by atoms with E-state index in [1.54, 1.807) is 60.7 Å². The van der Waals surface area contributed by atoms with Crippen LogP contribution in [0.4, 0.5) is 0 Å². The van der Waals surface area contributed by atoms with Gasteiger partial charge in [-0.2, -0.15) is 0 Å². The van der Waals surface area contributed by atoms with Crippen LogP contribution in [0, 0.1) is 13.8 Å². The molecule has 6 rings (SSSR count). The van der Waals surface area contributed by atoms with Crippen LogP contribution in [0.1, 0.15) is 52.7 Å². The van der Waals surface area contributed by atoms with Crippen LogP contribution in [0.3, 0.4) is 0 Å². The minimum atomic E-state index is -1.09. The molecule has 0 spiro atoms. The summed E-state index contributed by atoms with van der Waals surface area (Å²) >= 11 is 63.0. The van der Waals surface area contributed by atoms with Crippen LogP contribution in [0.15, 0.2) is 103 Å². The van der Waals surface area contributed by atoms with Gasteiger partial charge in [0.05, 0.1) is 35.2 Å². The Balaban J connectivity index is 0.000000510. The highest BCUT2D eigenvalue weighted by Gasteiger charge is 2.19. The van der Waals surface area contributed by atoms with Gasteiger partial charge in [0.25, 0.3) is 0 Å². The van der Waals surface area contributed by atoms with Gasteiger partial charge in [0.2, 0.25) is 0 Å². The smallest absolute Gasteiger partial charge is 0.344 e. The lowest BCUT2D eigenvalue weighted by atomic mass is 10.2. The summed E-state index contributed by atoms with van der Waals surface area (Å²) < 4.78 is 30.7. The molecule has 0 radical (unpaired) electrons. The summed E-state index contributed by atoms with van der Waals surface area (Å²) in [4.78, 5) is 63.0. The summed E-state index contributed by atoms with van der Waals surface area (Å²) in [5.74, 6) is -3.89. The highest BCUT2D eigenvalue weighted by molar-refractivity contribution is 6.44. The average molecular weight is 1400 g/mol. The van der Waals surface area contributed by atoms with Gasteiger partial charge in [0.1, 0.15) is 34.5 Å². The van der Waals surface area contributed by atoms with Crippen molar-refractivity contribution < 1.29 is 87.8 Å². The normalized spacial score (nSPS) is 12.2. The molecule has 6 aromatic rings. The van der Waals surface area contributed by atoms with Crippen molar-refractivity contribution in [3.63, 3.8) is 0 Å². The van der Waals surface area contributed by atoms with Crippen LogP contribution >= 0.6 is 128 Å². The van der Waals surface area contributed by atoms with Crippen LogP contribution in [-0.2, 0) is 28.8 Å². The molecule has 0 amide bonds. The minimum Gasteiger partial charge on any atom is -0.479 e. The monoisotopic (exact) mass is 1400 g/mol. The molecule has 6 aromatic carbocycles. The number of carboxylic acids is 6. The van der Waals surface area contributed by atoms with Gasteiger partial charge in [-0.05, 0) is 158 Å². The SMILES string of the molecule is CC(Oc1cc(Cl)c(Cl)cc1Cl)C(=O)O.CC(Oc1ccc(Cl)c(Cl)c1)C(=O)O.CC(Oc1ccc(Cl)cc1Cl)C(=O)O.C[C@@H](Oc1ccc(Cl)cc1Cl)C(=O)O.Cc1cc(Cl)ccc1OC(C)C(=O)O.Cc1cc(Cl)ccc1O[C@H](C)C(=O)O. The quantitative estimate of drug-likeness (QED) is 0.0436. The molecule has 0 saturated carbocycles. The van der Waals surface area contributed by atoms with Crippen molar-refractivity contribution in [2.24, 2.45) is 0 Å². The molecule has 29 heteroatoms. The van der Waals surface area contributed by atoms with Crippen molar-refractivity contribution in [3.8, 4) is 34.5 Å². The van der Waals surface area contributed by atoms with Gasteiger partial charge in [-0.3, -0.25) is 0 Å². The maximum atomic E-state index is 10.5. The van der Waals surface area contributed by atoms with E-state index >= 15 is 0 Å². The van der Waals surface area contributed by atoms with Crippen molar-refractivity contribution in [3.05, 3.63) is 170 Å². The van der Waals surface area contributed by atoms with E-state index in [9.17, 15) is 28.8 Å². The van der Waals surface area contributed by atoms with Gasteiger partial charge in [-0.25, -0.2) is 28.8 Å². The molecule has 6 N–H and O–H groups in total. The molecule has 6 atom stereocenters. The van der Waals surface area contributed by atoms with E-state index in [0.717, 1.165) is 11.1 Å². The fourth-order valence-electron chi connectivity index (χ4n) is 5.24. The zero-order chi connectivity index (χ0) is 65.2. The molecule has 0 fully saturated rings. The fraction of sp³-hybridized carbons (Fsp3) is 0.250. The van der Waals surface area contributed by atoms with Crippen LogP contribution in [0.5, 0.6) is 34.5 Å². The Bertz CT molecular complexity index is 2960. The van der Waals surface area contributed by atoms with E-state index in [1.165, 1.54) is 84.0 Å². The summed E-state index contributed by atoms with van der Waals surface area (Å²) in [6, 6.07) is 26.7. The van der Waals surface area contributed by atoms with E-state index < -0.39 is 72.4 Å². The molecule has 4 unspecified atom stereocenters. The van der Waals surface area contributed by atoms with E-state index in [4.69, 9.17) is 187 Å². The van der Waals surface area contributed by atoms with Crippen molar-refractivity contribution in [2.45, 2.75) is 92.0 Å². The Morgan fingerprint density at radius 1 is 0.282 bits per heavy atom. The molecular weight excluding hydrogens is 1350 g/mol. The first-order valence-corrected chi connectivity index (χ1v) is 28.0. The third kappa shape index (κ3) is 29.9. The number of hydrogen-bond donors (Lipinski definition) is 6. The summed E-state index contributed by atoms with van der Waals surface area (Å²) in [6.07, 6.45) is -5.49. The third-order valence-electron chi connectivity index (χ3n) is 9.85. The van der Waals surface area contributed by atoms with Crippen molar-refractivity contribution >= 4 is 163 Å². The van der Waals surface area contributed by atoms with Crippen LogP contribution < -0.4 is 28.4 Å². The molecule has 0 bridgehead atoms. The van der Waals surface area contributed by atoms with Crippen LogP contribution in [-0.4, -0.2) is 103 Å². The maximum absolute atomic E-state index is 10.5. The van der Waals surface area contributed by atoms with E-state index in [-0.39, 0.29) is 20.8 Å². The molecule has 0 aliphatic carbocycles. The second kappa shape index (κ2) is 38.3. The molecule has 0 aromatic heterocycles. The molecule has 462 valence electrons. The first-order valence-electron chi connectivity index (χ1n) is 23.8. The summed E-state index contributed by atoms with van der Waals surface area (Å²) in [7, 11) is 0. The number of benzene rings is 6. The zero-order valence-corrected chi connectivity index (χ0v) is 53.8. The molecule has 0 aliphatic heterocycles. The van der Waals surface area contributed by atoms with Gasteiger partial charge in [-0.15, -0.1) is 0 Å². The van der Waals surface area contributed by atoms with Gasteiger partial charge in [0.15, 0.2) is 36.6 Å². The molecule has 18 nitrogen and oxygen atoms in total. The standard InChI is InChI=1S/2C10H11ClO3.C9H7Cl3O3.3C9H8Cl2O3/c2*1-6-5-8(11)3-4-9(6)14-7(2)10(12)13;1-4(9(13)14)15-8-3-6(11)5(10)2-7(8)12;2*1-5(9(12)13)14-8-3-2-6(10)4-7(8)11;1-5(9(12)13)14-6-2-3-7(10)8(11)4-6/h2*3-5,7H,1-2H3,(H,12,13);2-4H,1H3,(H,13,14);3*2-5H,1H3,(H,12,13)/t7-;;;5-;;/m1..1../s1. The largest absolute Gasteiger partial charge is 0.479 e. The fourth-order valence-corrected chi connectivity index (χ4v) is 7.46. The van der Waals surface area contributed by atoms with E-state index in [1.807, 2.05) is 13.8 Å². The predicted molar refractivity (Wildman–Crippen MR) is 330 cm³/mol. The number of aryl methyl sites for hydroxylation is 2. The Morgan fingerprint density at radius 3 is 0.847 bits per heavy atom. The number of carbonyl (C=O) groups is 6. The predicted octanol–water partition coefficient (Wildman–Crippen LogP) is 17.0. The van der Waals surface area contributed by atoms with Crippen molar-refractivity contribution in [2.75, 3.05) is 0 Å². The van der Waals surface area contributed by atoms with Gasteiger partial charge < -0.3 is 59.1 Å². The second-order valence-corrected chi connectivity index (χ2v) is 21.4. The van der Waals surface area contributed by atoms with Crippen molar-refractivity contribution in [1.82, 2.24) is 0 Å². The van der Waals surface area contributed by atoms with Crippen molar-refractivity contribution in [1.29, 1.82) is 0 Å². The first kappa shape index (κ1) is 77.1. The number of hydrogen-bond acceptors (Lipinski definition) is 12. The lowest BCUT2D eigenvalue weighted by Gasteiger charge is -2.12. The Morgan fingerprint density at radius 2 is 0.541 bits per heavy atom. The number of carboxylic acid groups (broad SMARTS) is 6. The minimum absolute atomic E-state index is 0.195. The second-order valence-electron chi connectivity index (χ2n) is 16.8. The molecule has 0 heterocycles. The topological polar surface area (TPSA) is 279 Å². The lowest BCUT2D eigenvalue weighted by molar-refractivity contribution is -0.145. The highest BCUT2D eigenvalue weighted by Crippen LogP contribution is 2.35. The number of halogens is 11. The Kier molecular flexibility index (Phi) is 34.8. The molecule has 0 saturated heterocycles. The number of ether oxygens (including phenoxy) is 6.